The van der Waals surface area contributed by atoms with E-state index in [1.807, 2.05) is 6.07 Å². The molecule has 5 rings (SSSR count). The Hall–Kier alpha value is -4.03. The smallest absolute Gasteiger partial charge is 0.407 e. The number of urea groups is 1. The number of amides is 3. The molecule has 1 saturated heterocycles. The number of carboxylic acid groups (broad SMARTS) is 1. The summed E-state index contributed by atoms with van der Waals surface area (Å²) in [6.45, 7) is 0.633. The van der Waals surface area contributed by atoms with E-state index in [1.165, 1.54) is 24.0 Å². The summed E-state index contributed by atoms with van der Waals surface area (Å²) in [4.78, 5) is 43.4. The SMILES string of the molecule is COc1cc(OC)c(Cl)c(N2Cc3cnc(Nc4ccccn4)nc3N(C3CCN(C(=O)O)CC3)C2=O)c1Cl. The highest BCUT2D eigenvalue weighted by atomic mass is 35.5. The number of aromatic nitrogens is 3. The first-order valence-corrected chi connectivity index (χ1v) is 12.8. The third-order valence-electron chi connectivity index (χ3n) is 6.66. The van der Waals surface area contributed by atoms with Gasteiger partial charge in [0, 0.05) is 43.2 Å². The number of carbonyl (C=O) groups is 2. The van der Waals surface area contributed by atoms with Crippen LogP contribution < -0.4 is 24.6 Å². The summed E-state index contributed by atoms with van der Waals surface area (Å²) >= 11 is 13.3. The summed E-state index contributed by atoms with van der Waals surface area (Å²) in [7, 11) is 2.91. The molecule has 0 saturated carbocycles. The van der Waals surface area contributed by atoms with Gasteiger partial charge in [-0.15, -0.1) is 0 Å². The minimum atomic E-state index is -0.994. The summed E-state index contributed by atoms with van der Waals surface area (Å²) in [6, 6.07) is 6.19. The minimum absolute atomic E-state index is 0.0816. The number of hydrogen-bond acceptors (Lipinski definition) is 8. The van der Waals surface area contributed by atoms with Gasteiger partial charge in [-0.1, -0.05) is 29.3 Å². The lowest BCUT2D eigenvalue weighted by molar-refractivity contribution is 0.132. The van der Waals surface area contributed by atoms with Crippen molar-refractivity contribution >= 4 is 58.6 Å². The van der Waals surface area contributed by atoms with Crippen LogP contribution in [0.2, 0.25) is 10.0 Å². The largest absolute Gasteiger partial charge is 0.495 e. The fraction of sp³-hybridized carbons (Fsp3) is 0.320. The molecule has 3 amide bonds. The van der Waals surface area contributed by atoms with Crippen molar-refractivity contribution in [1.29, 1.82) is 0 Å². The topological polar surface area (TPSA) is 133 Å². The number of pyridine rings is 1. The molecule has 14 heteroatoms. The van der Waals surface area contributed by atoms with Gasteiger partial charge in [-0.05, 0) is 25.0 Å². The van der Waals surface area contributed by atoms with Crippen molar-refractivity contribution in [3.05, 3.63) is 52.3 Å². The van der Waals surface area contributed by atoms with Gasteiger partial charge in [0.2, 0.25) is 5.95 Å². The molecule has 1 fully saturated rings. The number of methoxy groups -OCH3 is 2. The number of hydrogen-bond donors (Lipinski definition) is 2. The molecule has 0 radical (unpaired) electrons. The average Bonchev–Trinajstić information content (AvgIpc) is 2.94. The number of carbonyl (C=O) groups excluding carboxylic acids is 1. The van der Waals surface area contributed by atoms with Gasteiger partial charge in [-0.2, -0.15) is 4.98 Å². The second kappa shape index (κ2) is 11.0. The predicted octanol–water partition coefficient (Wildman–Crippen LogP) is 5.03. The van der Waals surface area contributed by atoms with Gasteiger partial charge in [0.15, 0.2) is 0 Å². The molecule has 2 aliphatic rings. The van der Waals surface area contributed by atoms with Crippen LogP contribution in [-0.2, 0) is 6.54 Å². The third kappa shape index (κ3) is 5.04. The number of benzene rings is 1. The van der Waals surface area contributed by atoms with Crippen molar-refractivity contribution in [2.24, 2.45) is 0 Å². The van der Waals surface area contributed by atoms with Crippen LogP contribution in [0.3, 0.4) is 0 Å². The Labute approximate surface area is 234 Å². The highest BCUT2D eigenvalue weighted by Crippen LogP contribution is 2.48. The van der Waals surface area contributed by atoms with Crippen molar-refractivity contribution in [3.63, 3.8) is 0 Å². The highest BCUT2D eigenvalue weighted by Gasteiger charge is 2.41. The summed E-state index contributed by atoms with van der Waals surface area (Å²) in [5, 5.41) is 12.8. The molecule has 0 bridgehead atoms. The first kappa shape index (κ1) is 26.6. The number of nitrogens with zero attached hydrogens (tertiary/aromatic N) is 6. The maximum Gasteiger partial charge on any atom is 0.407 e. The maximum absolute atomic E-state index is 14.2. The van der Waals surface area contributed by atoms with E-state index in [0.717, 1.165) is 0 Å². The van der Waals surface area contributed by atoms with Crippen molar-refractivity contribution in [1.82, 2.24) is 19.9 Å². The molecular weight excluding hydrogens is 549 g/mol. The first-order chi connectivity index (χ1) is 18.8. The normalized spacial score (nSPS) is 15.7. The van der Waals surface area contributed by atoms with Gasteiger partial charge >= 0.3 is 12.1 Å². The second-order valence-corrected chi connectivity index (χ2v) is 9.64. The van der Waals surface area contributed by atoms with Crippen molar-refractivity contribution in [2.75, 3.05) is 42.4 Å². The predicted molar refractivity (Wildman–Crippen MR) is 146 cm³/mol. The monoisotopic (exact) mass is 573 g/mol. The van der Waals surface area contributed by atoms with Crippen LogP contribution in [-0.4, -0.2) is 70.4 Å². The van der Waals surface area contributed by atoms with Crippen LogP contribution in [0.25, 0.3) is 0 Å². The zero-order chi connectivity index (χ0) is 27.7. The number of fused-ring (bicyclic) bond motifs is 1. The van der Waals surface area contributed by atoms with Gasteiger partial charge in [0.05, 0.1) is 26.5 Å². The van der Waals surface area contributed by atoms with Crippen LogP contribution >= 0.6 is 23.2 Å². The molecule has 2 aliphatic heterocycles. The molecule has 4 heterocycles. The Morgan fingerprint density at radius 2 is 1.79 bits per heavy atom. The molecular formula is C25H25Cl2N7O5. The molecule has 12 nitrogen and oxygen atoms in total. The summed E-state index contributed by atoms with van der Waals surface area (Å²) in [5.74, 6) is 1.81. The van der Waals surface area contributed by atoms with Crippen molar-refractivity contribution in [2.45, 2.75) is 25.4 Å². The molecule has 0 atom stereocenters. The van der Waals surface area contributed by atoms with Crippen LogP contribution in [0.1, 0.15) is 18.4 Å². The molecule has 1 aromatic carbocycles. The van der Waals surface area contributed by atoms with Gasteiger partial charge in [0.1, 0.15) is 33.2 Å². The van der Waals surface area contributed by atoms with E-state index in [2.05, 4.69) is 20.3 Å². The number of piperidine rings is 1. The van der Waals surface area contributed by atoms with E-state index in [9.17, 15) is 14.7 Å². The molecule has 0 aliphatic carbocycles. The maximum atomic E-state index is 14.2. The van der Waals surface area contributed by atoms with Crippen LogP contribution in [0.4, 0.5) is 32.9 Å². The third-order valence-corrected chi connectivity index (χ3v) is 7.39. The molecule has 2 N–H and O–H groups in total. The Bertz CT molecular complexity index is 1380. The lowest BCUT2D eigenvalue weighted by Crippen LogP contribution is -2.55. The fourth-order valence-electron chi connectivity index (χ4n) is 4.72. The van der Waals surface area contributed by atoms with E-state index in [4.69, 9.17) is 32.7 Å². The van der Waals surface area contributed by atoms with Crippen LogP contribution in [0, 0.1) is 0 Å². The highest BCUT2D eigenvalue weighted by molar-refractivity contribution is 6.42. The number of nitrogens with one attached hydrogen (secondary N) is 1. The zero-order valence-corrected chi connectivity index (χ0v) is 22.6. The Morgan fingerprint density at radius 3 is 2.38 bits per heavy atom. The zero-order valence-electron chi connectivity index (χ0n) is 21.1. The van der Waals surface area contributed by atoms with Crippen LogP contribution in [0.5, 0.6) is 11.5 Å². The molecule has 2 aromatic heterocycles. The van der Waals surface area contributed by atoms with E-state index in [1.54, 1.807) is 35.5 Å². The Balaban J connectivity index is 1.58. The summed E-state index contributed by atoms with van der Waals surface area (Å²) < 4.78 is 10.8. The standard InChI is InChI=1S/C25H25Cl2N7O5/c1-38-16-11-17(39-2)20(27)21(19(16)26)33-13-14-12-29-23(30-18-5-3-4-8-28-18)31-22(14)34(24(33)35)15-6-9-32(10-7-15)25(36)37/h3-5,8,11-12,15H,6-7,9-10,13H2,1-2H3,(H,36,37)(H,28,29,30,31). The number of anilines is 4. The lowest BCUT2D eigenvalue weighted by Gasteiger charge is -2.43. The van der Waals surface area contributed by atoms with Gasteiger partial charge in [0.25, 0.3) is 0 Å². The van der Waals surface area contributed by atoms with E-state index < -0.39 is 12.1 Å². The quantitative estimate of drug-likeness (QED) is 0.416. The Kier molecular flexibility index (Phi) is 7.49. The van der Waals surface area contributed by atoms with E-state index in [0.29, 0.717) is 41.5 Å². The lowest BCUT2D eigenvalue weighted by atomic mass is 10.0. The van der Waals surface area contributed by atoms with E-state index in [-0.39, 0.29) is 47.4 Å². The second-order valence-electron chi connectivity index (χ2n) is 8.88. The van der Waals surface area contributed by atoms with E-state index >= 15 is 0 Å². The average molecular weight is 574 g/mol. The molecule has 204 valence electrons. The molecule has 0 unspecified atom stereocenters. The minimum Gasteiger partial charge on any atom is -0.495 e. The van der Waals surface area contributed by atoms with Crippen molar-refractivity contribution < 1.29 is 24.2 Å². The Morgan fingerprint density at radius 1 is 1.10 bits per heavy atom. The number of ether oxygens (including phenoxy) is 2. The van der Waals surface area contributed by atoms with Gasteiger partial charge < -0.3 is 24.8 Å². The molecule has 39 heavy (non-hydrogen) atoms. The molecule has 3 aromatic rings. The number of rotatable bonds is 6. The summed E-state index contributed by atoms with van der Waals surface area (Å²) in [6.07, 6.45) is 3.11. The van der Waals surface area contributed by atoms with Gasteiger partial charge in [-0.3, -0.25) is 9.80 Å². The number of halogens is 2. The summed E-state index contributed by atoms with van der Waals surface area (Å²) in [5.41, 5.74) is 0.879. The number of likely N-dealkylation sites (tertiary alicyclic amines) is 1. The molecule has 0 spiro atoms. The first-order valence-electron chi connectivity index (χ1n) is 12.0. The fourth-order valence-corrected chi connectivity index (χ4v) is 5.42. The van der Waals surface area contributed by atoms with Gasteiger partial charge in [-0.25, -0.2) is 19.6 Å². The van der Waals surface area contributed by atoms with Crippen LogP contribution in [0.15, 0.2) is 36.7 Å². The van der Waals surface area contributed by atoms with Crippen molar-refractivity contribution in [3.8, 4) is 11.5 Å².